The molecule has 5 nitrogen and oxygen atoms in total. The van der Waals surface area contributed by atoms with Crippen LogP contribution >= 0.6 is 0 Å². The van der Waals surface area contributed by atoms with Crippen LogP contribution in [0.5, 0.6) is 0 Å². The van der Waals surface area contributed by atoms with Gasteiger partial charge in [0.05, 0.1) is 22.4 Å². The fraction of sp³-hybridized carbons (Fsp3) is 0.138. The largest absolute Gasteiger partial charge is 0.501 e. The molecule has 0 saturated heterocycles. The summed E-state index contributed by atoms with van der Waals surface area (Å²) >= 11 is 0. The number of aromatic nitrogens is 3. The third kappa shape index (κ3) is 8.00. The van der Waals surface area contributed by atoms with Gasteiger partial charge in [-0.3, -0.25) is 4.98 Å². The summed E-state index contributed by atoms with van der Waals surface area (Å²) in [4.78, 5) is 9.38. The van der Waals surface area contributed by atoms with E-state index in [-0.39, 0.29) is 43.1 Å². The molecule has 0 spiro atoms. The minimum atomic E-state index is -2.18. The molecular weight excluding hydrogens is 963 g/mol. The quantitative estimate of drug-likeness (QED) is 0.149. The van der Waals surface area contributed by atoms with Crippen molar-refractivity contribution >= 4 is 43.9 Å². The normalized spacial score (nSPS) is 13.2. The van der Waals surface area contributed by atoms with E-state index in [0.717, 1.165) is 66.7 Å². The number of pyridine rings is 1. The van der Waals surface area contributed by atoms with E-state index >= 15 is 0 Å². The molecular formula is C58H47IrN3O2-2. The molecule has 0 saturated carbocycles. The summed E-state index contributed by atoms with van der Waals surface area (Å²) < 4.78 is 59.1. The van der Waals surface area contributed by atoms with E-state index in [0.29, 0.717) is 11.3 Å². The van der Waals surface area contributed by atoms with E-state index in [4.69, 9.17) is 22.0 Å². The first-order valence-electron chi connectivity index (χ1n) is 24.2. The number of nitrogens with zero attached hydrogens (tertiary/aromatic N) is 3. The van der Waals surface area contributed by atoms with Crippen molar-refractivity contribution in [2.45, 2.75) is 53.2 Å². The molecule has 0 fully saturated rings. The zero-order chi connectivity index (χ0) is 48.2. The maximum absolute atomic E-state index is 7.28. The van der Waals surface area contributed by atoms with E-state index < -0.39 is 13.7 Å². The molecule has 11 aromatic rings. The van der Waals surface area contributed by atoms with Gasteiger partial charge in [-0.05, 0) is 94.7 Å². The first-order chi connectivity index (χ1) is 33.1. The van der Waals surface area contributed by atoms with Gasteiger partial charge in [0.25, 0.3) is 0 Å². The maximum Gasteiger partial charge on any atom is 0.135 e. The third-order valence-corrected chi connectivity index (χ3v) is 11.5. The summed E-state index contributed by atoms with van der Waals surface area (Å²) in [6.45, 7) is 4.78. The molecule has 0 bridgehead atoms. The Morgan fingerprint density at radius 2 is 1.33 bits per heavy atom. The topological polar surface area (TPSA) is 57.0 Å². The molecule has 0 atom stereocenters. The Bertz CT molecular complexity index is 3550. The predicted octanol–water partition coefficient (Wildman–Crippen LogP) is 15.9. The fourth-order valence-electron chi connectivity index (χ4n) is 8.36. The standard InChI is InChI=1S/C45H35N2O2.C13H12N.Ir/c1-27(2)35-22-31(29-14-7-5-8-15-29)23-36(28(3)4)43(35)47-39-21-12-11-20-38(39)46-45(47)34-19-13-18-33-37-26-41-32(25-42(37)49-44(33)34)24-40(48-41)30-16-9-6-10-17-30;1-10-3-6-12(7-4-10)13-8-5-11(2)9-14-13;/h5-18,20-28H,1-4H3;3-6,8-9H,1-2H3;/q2*-1;/i;1D3,2D3;. The summed E-state index contributed by atoms with van der Waals surface area (Å²) in [6.07, 6.45) is 1.30. The second-order valence-electron chi connectivity index (χ2n) is 16.4. The monoisotopic (exact) mass is 1020 g/mol. The van der Waals surface area contributed by atoms with Crippen LogP contribution in [0, 0.1) is 25.8 Å². The molecule has 0 N–H and O–H groups in total. The summed E-state index contributed by atoms with van der Waals surface area (Å²) in [6, 6.07) is 58.4. The van der Waals surface area contributed by atoms with Crippen molar-refractivity contribution in [3.63, 3.8) is 0 Å². The van der Waals surface area contributed by atoms with Crippen molar-refractivity contribution in [2.75, 3.05) is 0 Å². The third-order valence-electron chi connectivity index (χ3n) is 11.5. The molecule has 0 unspecified atom stereocenters. The zero-order valence-corrected chi connectivity index (χ0v) is 38.1. The molecule has 6 heteroatoms. The van der Waals surface area contributed by atoms with Gasteiger partial charge in [-0.2, -0.15) is 0 Å². The average molecular weight is 1020 g/mol. The van der Waals surface area contributed by atoms with Crippen molar-refractivity contribution in [3.05, 3.63) is 198 Å². The number of hydrogen-bond donors (Lipinski definition) is 0. The molecule has 0 aliphatic carbocycles. The number of rotatable bonds is 7. The summed E-state index contributed by atoms with van der Waals surface area (Å²) in [5, 5.41) is 3.02. The van der Waals surface area contributed by atoms with E-state index in [1.807, 2.05) is 24.3 Å². The van der Waals surface area contributed by atoms with Crippen LogP contribution in [0.15, 0.2) is 173 Å². The van der Waals surface area contributed by atoms with Crippen molar-refractivity contribution in [1.29, 1.82) is 0 Å². The Morgan fingerprint density at radius 3 is 2.00 bits per heavy atom. The Balaban J connectivity index is 0.000000244. The first kappa shape index (κ1) is 35.6. The van der Waals surface area contributed by atoms with Crippen LogP contribution in [-0.4, -0.2) is 14.5 Å². The molecule has 11 rings (SSSR count). The first-order valence-corrected chi connectivity index (χ1v) is 21.2. The molecule has 0 aliphatic rings. The molecule has 64 heavy (non-hydrogen) atoms. The van der Waals surface area contributed by atoms with Gasteiger partial charge in [0.2, 0.25) is 0 Å². The van der Waals surface area contributed by atoms with Crippen LogP contribution in [0.2, 0.25) is 0 Å². The van der Waals surface area contributed by atoms with Gasteiger partial charge >= 0.3 is 0 Å². The second kappa shape index (κ2) is 17.7. The van der Waals surface area contributed by atoms with E-state index in [1.54, 1.807) is 12.1 Å². The van der Waals surface area contributed by atoms with Crippen LogP contribution in [0.4, 0.5) is 0 Å². The van der Waals surface area contributed by atoms with Crippen molar-refractivity contribution in [3.8, 4) is 50.8 Å². The Labute approximate surface area is 396 Å². The van der Waals surface area contributed by atoms with Gasteiger partial charge in [0, 0.05) is 56.6 Å². The van der Waals surface area contributed by atoms with Gasteiger partial charge in [0.1, 0.15) is 16.9 Å². The molecule has 0 amide bonds. The number of fused-ring (bicyclic) bond motifs is 5. The van der Waals surface area contributed by atoms with Crippen LogP contribution < -0.4 is 0 Å². The predicted molar refractivity (Wildman–Crippen MR) is 259 cm³/mol. The van der Waals surface area contributed by atoms with Gasteiger partial charge in [-0.1, -0.05) is 130 Å². The molecule has 7 aromatic carbocycles. The summed E-state index contributed by atoms with van der Waals surface area (Å²) in [5.74, 6) is 2.20. The van der Waals surface area contributed by atoms with Crippen LogP contribution in [0.3, 0.4) is 0 Å². The van der Waals surface area contributed by atoms with Crippen LogP contribution in [-0.2, 0) is 20.1 Å². The van der Waals surface area contributed by atoms with Gasteiger partial charge in [0.15, 0.2) is 0 Å². The van der Waals surface area contributed by atoms with Crippen LogP contribution in [0.1, 0.15) is 70.0 Å². The minimum absolute atomic E-state index is 0. The maximum atomic E-state index is 7.28. The van der Waals surface area contributed by atoms with E-state index in [2.05, 4.69) is 153 Å². The smallest absolute Gasteiger partial charge is 0.135 e. The minimum Gasteiger partial charge on any atom is -0.501 e. The van der Waals surface area contributed by atoms with Gasteiger partial charge in [-0.15, -0.1) is 53.6 Å². The Kier molecular flexibility index (Phi) is 9.86. The van der Waals surface area contributed by atoms with Crippen molar-refractivity contribution in [2.24, 2.45) is 0 Å². The number of furan rings is 2. The molecule has 0 aliphatic heterocycles. The fourth-order valence-corrected chi connectivity index (χ4v) is 8.36. The van der Waals surface area contributed by atoms with E-state index in [9.17, 15) is 0 Å². The Hall–Kier alpha value is -6.85. The van der Waals surface area contributed by atoms with Crippen LogP contribution in [0.25, 0.3) is 94.7 Å². The Morgan fingerprint density at radius 1 is 0.625 bits per heavy atom. The van der Waals surface area contributed by atoms with E-state index in [1.165, 1.54) is 52.3 Å². The van der Waals surface area contributed by atoms with Gasteiger partial charge in [-0.25, -0.2) is 0 Å². The summed E-state index contributed by atoms with van der Waals surface area (Å²) in [5.41, 5.74) is 14.0. The molecule has 4 heterocycles. The zero-order valence-electron chi connectivity index (χ0n) is 41.7. The number of aryl methyl sites for hydroxylation is 2. The molecule has 317 valence electrons. The molecule has 4 aromatic heterocycles. The number of para-hydroxylation sites is 2. The number of hydrogen-bond acceptors (Lipinski definition) is 4. The van der Waals surface area contributed by atoms with Crippen molar-refractivity contribution < 1.29 is 37.2 Å². The second-order valence-corrected chi connectivity index (χ2v) is 16.4. The SMILES string of the molecule is CC(C)c1cc(-c2ccccc2)cc(C(C)C)c1-n1c(-c2[c-]ccc3c2oc2cc4cc(-c5ccccc5)oc4cc23)nc2ccccc21.[2H]C([2H])([2H])c1c[c-]c(-c2ccc(C([2H])([2H])[2H])cn2)cc1.[Ir]. The molecule has 1 radical (unpaired) electrons. The number of imidazole rings is 1. The summed E-state index contributed by atoms with van der Waals surface area (Å²) in [7, 11) is 0. The van der Waals surface area contributed by atoms with Gasteiger partial charge < -0.3 is 18.4 Å². The average Bonchev–Trinajstić information content (AvgIpc) is 4.06. The number of benzene rings is 7. The van der Waals surface area contributed by atoms with Crippen molar-refractivity contribution in [1.82, 2.24) is 14.5 Å².